The predicted molar refractivity (Wildman–Crippen MR) is 123 cm³/mol. The number of hydrogen-bond donors (Lipinski definition) is 2. The summed E-state index contributed by atoms with van der Waals surface area (Å²) >= 11 is 7.12. The highest BCUT2D eigenvalue weighted by molar-refractivity contribution is 8.13. The van der Waals surface area contributed by atoms with E-state index in [9.17, 15) is 14.4 Å². The number of halogens is 1. The Morgan fingerprint density at radius 1 is 1.13 bits per heavy atom. The van der Waals surface area contributed by atoms with Crippen molar-refractivity contribution in [3.05, 3.63) is 81.1 Å². The number of unbranched alkanes of at least 4 members (excludes halogenated alkanes) is 1. The van der Waals surface area contributed by atoms with Crippen LogP contribution in [0.25, 0.3) is 10.9 Å². The molecule has 30 heavy (non-hydrogen) atoms. The molecule has 3 aromatic rings. The van der Waals surface area contributed by atoms with E-state index in [1.54, 1.807) is 24.3 Å². The van der Waals surface area contributed by atoms with Crippen molar-refractivity contribution in [2.24, 2.45) is 0 Å². The number of carbonyl (C=O) groups excluding carboxylic acids is 2. The highest BCUT2D eigenvalue weighted by Crippen LogP contribution is 2.19. The first-order valence-corrected chi connectivity index (χ1v) is 11.2. The molecular formula is C23H23ClN2O3S. The minimum atomic E-state index is -0.750. The molecule has 3 rings (SSSR count). The van der Waals surface area contributed by atoms with Crippen LogP contribution in [0.15, 0.2) is 59.4 Å². The minimum Gasteiger partial charge on any atom is -0.341 e. The van der Waals surface area contributed by atoms with Crippen molar-refractivity contribution in [3.63, 3.8) is 0 Å². The van der Waals surface area contributed by atoms with Crippen molar-refractivity contribution in [3.8, 4) is 0 Å². The number of benzene rings is 2. The summed E-state index contributed by atoms with van der Waals surface area (Å²) in [5.41, 5.74) is 1.61. The van der Waals surface area contributed by atoms with Gasteiger partial charge in [0, 0.05) is 39.7 Å². The third-order valence-corrected chi connectivity index (χ3v) is 6.01. The Bertz CT molecular complexity index is 1100. The zero-order valence-corrected chi connectivity index (χ0v) is 18.2. The van der Waals surface area contributed by atoms with Gasteiger partial charge in [-0.3, -0.25) is 14.4 Å². The molecule has 0 saturated carbocycles. The lowest BCUT2D eigenvalue weighted by Crippen LogP contribution is -2.41. The van der Waals surface area contributed by atoms with E-state index in [0.717, 1.165) is 23.8 Å². The molecule has 1 aromatic heterocycles. The normalized spacial score (nSPS) is 11.9. The van der Waals surface area contributed by atoms with E-state index in [-0.39, 0.29) is 23.0 Å². The number of aromatic amines is 1. The Balaban J connectivity index is 1.88. The van der Waals surface area contributed by atoms with Gasteiger partial charge in [-0.2, -0.15) is 0 Å². The zero-order chi connectivity index (χ0) is 21.5. The number of nitrogens with one attached hydrogen (secondary N) is 2. The van der Waals surface area contributed by atoms with Gasteiger partial charge in [0.25, 0.3) is 5.91 Å². The molecule has 5 nitrogen and oxygen atoms in total. The van der Waals surface area contributed by atoms with Gasteiger partial charge in [-0.15, -0.1) is 0 Å². The van der Waals surface area contributed by atoms with E-state index in [0.29, 0.717) is 21.9 Å². The fraction of sp³-hybridized carbons (Fsp3) is 0.261. The van der Waals surface area contributed by atoms with Gasteiger partial charge in [-0.05, 0) is 42.3 Å². The van der Waals surface area contributed by atoms with Gasteiger partial charge in [0.1, 0.15) is 6.04 Å². The molecule has 0 unspecified atom stereocenters. The molecule has 0 fully saturated rings. The van der Waals surface area contributed by atoms with Crippen LogP contribution in [-0.4, -0.2) is 27.8 Å². The fourth-order valence-corrected chi connectivity index (χ4v) is 4.22. The molecule has 0 aliphatic carbocycles. The fourth-order valence-electron chi connectivity index (χ4n) is 3.12. The Hall–Kier alpha value is -2.57. The van der Waals surface area contributed by atoms with Gasteiger partial charge in [0.2, 0.25) is 10.7 Å². The number of hydrogen-bond acceptors (Lipinski definition) is 4. The average Bonchev–Trinajstić information content (AvgIpc) is 2.73. The zero-order valence-electron chi connectivity index (χ0n) is 16.6. The van der Waals surface area contributed by atoms with Crippen LogP contribution in [0.4, 0.5) is 0 Å². The van der Waals surface area contributed by atoms with E-state index in [4.69, 9.17) is 11.6 Å². The number of H-pyrrole nitrogens is 1. The number of para-hydroxylation sites is 1. The molecule has 0 aliphatic rings. The average molecular weight is 443 g/mol. The number of pyridine rings is 1. The topological polar surface area (TPSA) is 79.0 Å². The number of thioether (sulfide) groups is 1. The van der Waals surface area contributed by atoms with Crippen LogP contribution < -0.4 is 10.9 Å². The van der Waals surface area contributed by atoms with Gasteiger partial charge in [0.05, 0.1) is 0 Å². The quantitative estimate of drug-likeness (QED) is 0.500. The van der Waals surface area contributed by atoms with E-state index in [2.05, 4.69) is 17.2 Å². The molecule has 1 amide bonds. The summed E-state index contributed by atoms with van der Waals surface area (Å²) in [4.78, 5) is 40.5. The lowest BCUT2D eigenvalue weighted by Gasteiger charge is -2.18. The first kappa shape index (κ1) is 22.1. The molecule has 156 valence electrons. The summed E-state index contributed by atoms with van der Waals surface area (Å²) in [7, 11) is 0. The number of carbonyl (C=O) groups is 2. The molecule has 0 bridgehead atoms. The van der Waals surface area contributed by atoms with Crippen molar-refractivity contribution >= 4 is 45.3 Å². The van der Waals surface area contributed by atoms with E-state index < -0.39 is 6.04 Å². The van der Waals surface area contributed by atoms with Gasteiger partial charge < -0.3 is 10.3 Å². The lowest BCUT2D eigenvalue weighted by molar-refractivity contribution is -0.112. The Morgan fingerprint density at radius 2 is 1.87 bits per heavy atom. The third-order valence-electron chi connectivity index (χ3n) is 4.70. The molecule has 7 heteroatoms. The molecular weight excluding hydrogens is 420 g/mol. The Morgan fingerprint density at radius 3 is 2.60 bits per heavy atom. The van der Waals surface area contributed by atoms with E-state index in [1.165, 1.54) is 17.8 Å². The van der Waals surface area contributed by atoms with Crippen LogP contribution in [0.1, 0.15) is 35.7 Å². The molecule has 0 aliphatic heterocycles. The van der Waals surface area contributed by atoms with Crippen molar-refractivity contribution in [1.29, 1.82) is 0 Å². The maximum Gasteiger partial charge on any atom is 0.251 e. The third kappa shape index (κ3) is 5.74. The molecule has 1 heterocycles. The van der Waals surface area contributed by atoms with Crippen LogP contribution in [0.2, 0.25) is 5.02 Å². The highest BCUT2D eigenvalue weighted by Gasteiger charge is 2.23. The molecule has 0 saturated heterocycles. The summed E-state index contributed by atoms with van der Waals surface area (Å²) < 4.78 is 0. The Labute approximate surface area is 184 Å². The molecule has 2 aromatic carbocycles. The summed E-state index contributed by atoms with van der Waals surface area (Å²) in [5, 5.41) is 4.12. The second-order valence-corrected chi connectivity index (χ2v) is 8.50. The maximum atomic E-state index is 12.9. The largest absolute Gasteiger partial charge is 0.341 e. The van der Waals surface area contributed by atoms with Crippen LogP contribution in [0, 0.1) is 0 Å². The first-order chi connectivity index (χ1) is 14.5. The van der Waals surface area contributed by atoms with Crippen molar-refractivity contribution in [2.45, 2.75) is 32.2 Å². The van der Waals surface area contributed by atoms with Gasteiger partial charge in [-0.1, -0.05) is 54.9 Å². The summed E-state index contributed by atoms with van der Waals surface area (Å²) in [6, 6.07) is 14.7. The highest BCUT2D eigenvalue weighted by atomic mass is 35.5. The number of fused-ring (bicyclic) bond motifs is 1. The maximum absolute atomic E-state index is 12.9. The van der Waals surface area contributed by atoms with Crippen LogP contribution in [0.3, 0.4) is 0 Å². The molecule has 2 N–H and O–H groups in total. The van der Waals surface area contributed by atoms with Crippen LogP contribution in [-0.2, 0) is 11.2 Å². The molecule has 1 atom stereocenters. The number of aromatic nitrogens is 1. The van der Waals surface area contributed by atoms with Crippen molar-refractivity contribution in [1.82, 2.24) is 10.3 Å². The molecule has 0 radical (unpaired) electrons. The van der Waals surface area contributed by atoms with E-state index >= 15 is 0 Å². The summed E-state index contributed by atoms with van der Waals surface area (Å²) in [6.07, 6.45) is 2.14. The number of amides is 1. The van der Waals surface area contributed by atoms with Gasteiger partial charge in [0.15, 0.2) is 0 Å². The molecule has 0 spiro atoms. The van der Waals surface area contributed by atoms with Gasteiger partial charge in [-0.25, -0.2) is 0 Å². The van der Waals surface area contributed by atoms with Crippen LogP contribution >= 0.6 is 23.4 Å². The smallest absolute Gasteiger partial charge is 0.251 e. The second-order valence-electron chi connectivity index (χ2n) is 6.96. The second kappa shape index (κ2) is 10.5. The monoisotopic (exact) mass is 442 g/mol. The summed E-state index contributed by atoms with van der Waals surface area (Å²) in [6.45, 7) is 2.06. The van der Waals surface area contributed by atoms with Crippen molar-refractivity contribution < 1.29 is 9.59 Å². The number of rotatable bonds is 8. The SMILES string of the molecule is CCCCSC(=O)[C@@H](Cc1cc(=O)[nH]c2ccccc12)NC(=O)c1ccc(Cl)cc1. The lowest BCUT2D eigenvalue weighted by atomic mass is 10.0. The van der Waals surface area contributed by atoms with Gasteiger partial charge >= 0.3 is 0 Å². The Kier molecular flexibility index (Phi) is 7.71. The van der Waals surface area contributed by atoms with E-state index in [1.807, 2.05) is 24.3 Å². The standard InChI is InChI=1S/C23H23ClN2O3S/c1-2-3-12-30-23(29)20(26-22(28)15-8-10-17(24)11-9-15)13-16-14-21(27)25-19-7-5-4-6-18(16)19/h4-11,14,20H,2-3,12-13H2,1H3,(H,25,27)(H,26,28)/t20-/m1/s1. The first-order valence-electron chi connectivity index (χ1n) is 9.82. The van der Waals surface area contributed by atoms with Crippen LogP contribution in [0.5, 0.6) is 0 Å². The predicted octanol–water partition coefficient (Wildman–Crippen LogP) is 4.58. The minimum absolute atomic E-state index is 0.116. The summed E-state index contributed by atoms with van der Waals surface area (Å²) in [5.74, 6) is 0.342. The van der Waals surface area contributed by atoms with Crippen molar-refractivity contribution in [2.75, 3.05) is 5.75 Å².